The van der Waals surface area contributed by atoms with Crippen LogP contribution in [-0.2, 0) is 36.3 Å². The first-order chi connectivity index (χ1) is 17.3. The number of aromatic nitrogens is 3. The summed E-state index contributed by atoms with van der Waals surface area (Å²) in [5.41, 5.74) is -2.84. The van der Waals surface area contributed by atoms with Crippen LogP contribution in [0.3, 0.4) is 0 Å². The number of hydrogen-bond acceptors (Lipinski definition) is 5. The molecule has 3 heterocycles. The van der Waals surface area contributed by atoms with Gasteiger partial charge in [0, 0.05) is 30.1 Å². The van der Waals surface area contributed by atoms with Crippen molar-refractivity contribution in [2.75, 3.05) is 18.1 Å². The van der Waals surface area contributed by atoms with Crippen LogP contribution < -0.4 is 4.90 Å². The summed E-state index contributed by atoms with van der Waals surface area (Å²) in [6, 6.07) is 7.62. The standard InChI is InChI=1S/C24H20F6N4O3/c1-33-12-31-32-19(33)8-22(10-37-11-22)14-3-2-4-15(7-14)34-9-17-16(21(34)36)5-13(20(35)24(28,29)30)6-18(17)23(25,26)27/h2-7,12,20,35H,8-11H2,1H3. The number of aliphatic hydroxyl groups is 1. The second kappa shape index (κ2) is 8.55. The molecule has 0 spiro atoms. The number of ether oxygens (including phenoxy) is 1. The van der Waals surface area contributed by atoms with Gasteiger partial charge in [0.1, 0.15) is 12.2 Å². The van der Waals surface area contributed by atoms with E-state index >= 15 is 0 Å². The highest BCUT2D eigenvalue weighted by atomic mass is 19.4. The molecule has 196 valence electrons. The van der Waals surface area contributed by atoms with Gasteiger partial charge in [-0.2, -0.15) is 26.3 Å². The van der Waals surface area contributed by atoms with Crippen LogP contribution in [-0.4, -0.2) is 45.2 Å². The highest BCUT2D eigenvalue weighted by Crippen LogP contribution is 2.43. The van der Waals surface area contributed by atoms with E-state index in [2.05, 4.69) is 10.2 Å². The number of amides is 1. The monoisotopic (exact) mass is 526 g/mol. The molecule has 0 saturated carbocycles. The lowest BCUT2D eigenvalue weighted by atomic mass is 9.75. The molecular weight excluding hydrogens is 506 g/mol. The van der Waals surface area contributed by atoms with E-state index in [9.17, 15) is 36.2 Å². The minimum Gasteiger partial charge on any atom is -0.379 e. The van der Waals surface area contributed by atoms with Gasteiger partial charge in [-0.1, -0.05) is 12.1 Å². The lowest BCUT2D eigenvalue weighted by molar-refractivity contribution is -0.207. The largest absolute Gasteiger partial charge is 0.418 e. The zero-order valence-electron chi connectivity index (χ0n) is 19.3. The van der Waals surface area contributed by atoms with Crippen molar-refractivity contribution in [1.82, 2.24) is 14.8 Å². The molecule has 0 radical (unpaired) electrons. The summed E-state index contributed by atoms with van der Waals surface area (Å²) in [6.07, 6.45) is -11.4. The van der Waals surface area contributed by atoms with E-state index in [0.29, 0.717) is 31.5 Å². The van der Waals surface area contributed by atoms with Crippen molar-refractivity contribution in [2.24, 2.45) is 7.05 Å². The van der Waals surface area contributed by atoms with Crippen molar-refractivity contribution < 1.29 is 41.0 Å². The fourth-order valence-electron chi connectivity index (χ4n) is 4.73. The van der Waals surface area contributed by atoms with E-state index in [1.54, 1.807) is 36.1 Å². The number of carbonyl (C=O) groups is 1. The van der Waals surface area contributed by atoms with Crippen molar-refractivity contribution >= 4 is 11.6 Å². The predicted octanol–water partition coefficient (Wildman–Crippen LogP) is 4.10. The lowest BCUT2D eigenvalue weighted by Crippen LogP contribution is -2.49. The molecule has 2 aliphatic rings. The van der Waals surface area contributed by atoms with Gasteiger partial charge in [-0.15, -0.1) is 10.2 Å². The number of benzene rings is 2. The van der Waals surface area contributed by atoms with Crippen LogP contribution in [0.25, 0.3) is 0 Å². The van der Waals surface area contributed by atoms with E-state index in [0.717, 1.165) is 10.5 Å². The molecule has 1 saturated heterocycles. The van der Waals surface area contributed by atoms with Gasteiger partial charge in [-0.3, -0.25) is 4.79 Å². The second-order valence-corrected chi connectivity index (χ2v) is 9.29. The van der Waals surface area contributed by atoms with Gasteiger partial charge in [-0.05, 0) is 41.0 Å². The Morgan fingerprint density at radius 2 is 1.86 bits per heavy atom. The molecule has 5 rings (SSSR count). The Morgan fingerprint density at radius 1 is 1.14 bits per heavy atom. The van der Waals surface area contributed by atoms with E-state index < -0.39 is 58.6 Å². The van der Waals surface area contributed by atoms with Crippen molar-refractivity contribution in [1.29, 1.82) is 0 Å². The fourth-order valence-corrected chi connectivity index (χ4v) is 4.73. The number of carbonyl (C=O) groups excluding carboxylic acids is 1. The van der Waals surface area contributed by atoms with Crippen LogP contribution in [0.4, 0.5) is 32.0 Å². The number of fused-ring (bicyclic) bond motifs is 1. The summed E-state index contributed by atoms with van der Waals surface area (Å²) in [5.74, 6) is -0.190. The van der Waals surface area contributed by atoms with E-state index in [-0.39, 0.29) is 11.8 Å². The number of aliphatic hydroxyl groups excluding tert-OH is 1. The first-order valence-electron chi connectivity index (χ1n) is 11.1. The molecule has 2 aromatic carbocycles. The van der Waals surface area contributed by atoms with Gasteiger partial charge in [0.15, 0.2) is 6.10 Å². The highest BCUT2D eigenvalue weighted by Gasteiger charge is 2.46. The molecule has 1 atom stereocenters. The minimum absolute atomic E-state index is 0.256. The van der Waals surface area contributed by atoms with Crippen molar-refractivity contribution in [3.8, 4) is 0 Å². The normalized spacial score (nSPS) is 18.1. The minimum atomic E-state index is -5.20. The summed E-state index contributed by atoms with van der Waals surface area (Å²) in [6.45, 7) is 0.227. The Morgan fingerprint density at radius 3 is 2.43 bits per heavy atom. The average molecular weight is 526 g/mol. The topological polar surface area (TPSA) is 80.5 Å². The molecule has 1 unspecified atom stereocenters. The number of rotatable bonds is 5. The molecule has 7 nitrogen and oxygen atoms in total. The fraction of sp³-hybridized carbons (Fsp3) is 0.375. The van der Waals surface area contributed by atoms with Crippen LogP contribution in [0.2, 0.25) is 0 Å². The summed E-state index contributed by atoms with van der Waals surface area (Å²) in [5, 5.41) is 17.6. The first-order valence-corrected chi connectivity index (χ1v) is 11.1. The quantitative estimate of drug-likeness (QED) is 0.507. The molecule has 13 heteroatoms. The van der Waals surface area contributed by atoms with Crippen LogP contribution in [0, 0.1) is 0 Å². The maximum atomic E-state index is 13.8. The molecule has 1 amide bonds. The number of halogens is 6. The molecule has 0 aliphatic carbocycles. The third kappa shape index (κ3) is 4.35. The molecule has 3 aromatic rings. The Labute approximate surface area is 206 Å². The number of nitrogens with zero attached hydrogens (tertiary/aromatic N) is 4. The van der Waals surface area contributed by atoms with Gasteiger partial charge < -0.3 is 19.3 Å². The van der Waals surface area contributed by atoms with Gasteiger partial charge in [0.2, 0.25) is 0 Å². The van der Waals surface area contributed by atoms with Gasteiger partial charge in [0.05, 0.1) is 25.3 Å². The van der Waals surface area contributed by atoms with Crippen molar-refractivity contribution in [3.05, 3.63) is 76.4 Å². The zero-order valence-corrected chi connectivity index (χ0v) is 19.3. The number of alkyl halides is 6. The van der Waals surface area contributed by atoms with Crippen molar-refractivity contribution in [3.63, 3.8) is 0 Å². The summed E-state index contributed by atoms with van der Waals surface area (Å²) in [4.78, 5) is 14.3. The summed E-state index contributed by atoms with van der Waals surface area (Å²) in [7, 11) is 1.79. The van der Waals surface area contributed by atoms with Crippen LogP contribution in [0.1, 0.15) is 44.5 Å². The predicted molar refractivity (Wildman–Crippen MR) is 117 cm³/mol. The van der Waals surface area contributed by atoms with Gasteiger partial charge in [0.25, 0.3) is 5.91 Å². The maximum absolute atomic E-state index is 13.8. The molecular formula is C24H20F6N4O3. The Bertz CT molecular complexity index is 1360. The van der Waals surface area contributed by atoms with Crippen LogP contribution in [0.5, 0.6) is 0 Å². The Hall–Kier alpha value is -3.45. The SMILES string of the molecule is Cn1cnnc1CC1(c2cccc(N3Cc4c(cc(C(O)C(F)(F)F)cc4C(F)(F)F)C3=O)c2)COC1. The van der Waals surface area contributed by atoms with E-state index in [1.165, 1.54) is 0 Å². The highest BCUT2D eigenvalue weighted by molar-refractivity contribution is 6.10. The smallest absolute Gasteiger partial charge is 0.379 e. The Balaban J connectivity index is 1.52. The molecule has 37 heavy (non-hydrogen) atoms. The molecule has 1 fully saturated rings. The van der Waals surface area contributed by atoms with Gasteiger partial charge >= 0.3 is 12.4 Å². The Kier molecular flexibility index (Phi) is 5.83. The van der Waals surface area contributed by atoms with Gasteiger partial charge in [-0.25, -0.2) is 0 Å². The second-order valence-electron chi connectivity index (χ2n) is 9.29. The van der Waals surface area contributed by atoms with E-state index in [4.69, 9.17) is 4.74 Å². The zero-order chi connectivity index (χ0) is 26.8. The van der Waals surface area contributed by atoms with Crippen LogP contribution in [0.15, 0.2) is 42.7 Å². The maximum Gasteiger partial charge on any atom is 0.418 e. The molecule has 2 aliphatic heterocycles. The third-order valence-corrected chi connectivity index (χ3v) is 6.82. The third-order valence-electron chi connectivity index (χ3n) is 6.82. The molecule has 1 aromatic heterocycles. The molecule has 0 bridgehead atoms. The average Bonchev–Trinajstić information content (AvgIpc) is 3.36. The summed E-state index contributed by atoms with van der Waals surface area (Å²) < 4.78 is 87.8. The number of hydrogen-bond donors (Lipinski definition) is 1. The number of aryl methyl sites for hydroxylation is 1. The van der Waals surface area contributed by atoms with E-state index in [1.807, 2.05) is 6.07 Å². The number of anilines is 1. The lowest BCUT2D eigenvalue weighted by Gasteiger charge is -2.42. The van der Waals surface area contributed by atoms with Crippen molar-refractivity contribution in [2.45, 2.75) is 36.8 Å². The van der Waals surface area contributed by atoms with Crippen LogP contribution >= 0.6 is 0 Å². The first kappa shape index (κ1) is 25.2. The molecule has 1 N–H and O–H groups in total. The summed E-state index contributed by atoms with van der Waals surface area (Å²) >= 11 is 0.